The molecular formula is C18H19N3O5S. The molecule has 0 aliphatic carbocycles. The number of nitro groups is 1. The van der Waals surface area contributed by atoms with E-state index in [2.05, 4.69) is 5.32 Å². The molecule has 2 rings (SSSR count). The second-order valence-electron chi connectivity index (χ2n) is 5.68. The van der Waals surface area contributed by atoms with Crippen molar-refractivity contribution in [2.45, 2.75) is 4.90 Å². The summed E-state index contributed by atoms with van der Waals surface area (Å²) in [6.45, 7) is -0.503. The van der Waals surface area contributed by atoms with Crippen molar-refractivity contribution in [3.63, 3.8) is 0 Å². The molecule has 0 radical (unpaired) electrons. The van der Waals surface area contributed by atoms with Crippen molar-refractivity contribution in [3.05, 3.63) is 58.1 Å². The van der Waals surface area contributed by atoms with Crippen molar-refractivity contribution < 1.29 is 19.2 Å². The van der Waals surface area contributed by atoms with E-state index in [0.717, 1.165) is 11.0 Å². The molecule has 0 unspecified atom stereocenters. The van der Waals surface area contributed by atoms with Crippen LogP contribution in [0.25, 0.3) is 0 Å². The van der Waals surface area contributed by atoms with Crippen LogP contribution >= 0.6 is 11.8 Å². The fraction of sp³-hybridized carbons (Fsp3) is 0.222. The maximum absolute atomic E-state index is 12.4. The Morgan fingerprint density at radius 1 is 1.22 bits per heavy atom. The van der Waals surface area contributed by atoms with Gasteiger partial charge in [-0.2, -0.15) is 0 Å². The van der Waals surface area contributed by atoms with Gasteiger partial charge in [0.05, 0.1) is 21.9 Å². The van der Waals surface area contributed by atoms with E-state index in [1.165, 1.54) is 23.9 Å². The number of nitro benzene ring substituents is 1. The smallest absolute Gasteiger partial charge is 0.341 e. The van der Waals surface area contributed by atoms with E-state index in [0.29, 0.717) is 11.4 Å². The van der Waals surface area contributed by atoms with Gasteiger partial charge < -0.3 is 15.0 Å². The zero-order chi connectivity index (χ0) is 20.0. The van der Waals surface area contributed by atoms with Crippen LogP contribution in [0.5, 0.6) is 0 Å². The predicted octanol–water partition coefficient (Wildman–Crippen LogP) is 3.18. The second-order valence-corrected chi connectivity index (χ2v) is 6.53. The highest BCUT2D eigenvalue weighted by atomic mass is 32.2. The first-order valence-corrected chi connectivity index (χ1v) is 9.11. The van der Waals surface area contributed by atoms with Crippen LogP contribution < -0.4 is 10.2 Å². The van der Waals surface area contributed by atoms with E-state index >= 15 is 0 Å². The molecule has 9 heteroatoms. The Bertz CT molecular complexity index is 870. The number of rotatable bonds is 7. The molecule has 142 valence electrons. The van der Waals surface area contributed by atoms with E-state index in [4.69, 9.17) is 4.74 Å². The van der Waals surface area contributed by atoms with Crippen LogP contribution in [0.15, 0.2) is 47.4 Å². The molecular weight excluding hydrogens is 370 g/mol. The minimum absolute atomic E-state index is 0.0199. The molecule has 0 atom stereocenters. The van der Waals surface area contributed by atoms with Gasteiger partial charge in [0.2, 0.25) is 0 Å². The van der Waals surface area contributed by atoms with Crippen LogP contribution in [0, 0.1) is 10.1 Å². The Balaban J connectivity index is 2.09. The summed E-state index contributed by atoms with van der Waals surface area (Å²) in [5, 5.41) is 13.6. The number of hydrogen-bond donors (Lipinski definition) is 1. The van der Waals surface area contributed by atoms with Crippen LogP contribution in [0.2, 0.25) is 0 Å². The number of nitrogens with one attached hydrogen (secondary N) is 1. The van der Waals surface area contributed by atoms with Crippen molar-refractivity contribution in [2.75, 3.05) is 37.2 Å². The molecule has 0 bridgehead atoms. The van der Waals surface area contributed by atoms with Crippen molar-refractivity contribution in [2.24, 2.45) is 0 Å². The fourth-order valence-corrected chi connectivity index (χ4v) is 2.89. The molecule has 0 saturated carbocycles. The molecule has 0 aromatic heterocycles. The summed E-state index contributed by atoms with van der Waals surface area (Å²) in [6, 6.07) is 11.1. The van der Waals surface area contributed by atoms with E-state index in [-0.39, 0.29) is 11.3 Å². The highest BCUT2D eigenvalue weighted by Gasteiger charge is 2.20. The number of benzene rings is 2. The Labute approximate surface area is 160 Å². The average Bonchev–Trinajstić information content (AvgIpc) is 2.65. The number of carbonyl (C=O) groups excluding carboxylic acids is 2. The number of anilines is 2. The van der Waals surface area contributed by atoms with Gasteiger partial charge in [-0.15, -0.1) is 11.8 Å². The topological polar surface area (TPSA) is 102 Å². The monoisotopic (exact) mass is 389 g/mol. The SMILES string of the molecule is CSc1ccccc1NC(=O)COC(=O)c1cc([N+](=O)[O-])ccc1N(C)C. The lowest BCUT2D eigenvalue weighted by Gasteiger charge is -2.16. The largest absolute Gasteiger partial charge is 0.452 e. The lowest BCUT2D eigenvalue weighted by Crippen LogP contribution is -2.22. The number of ether oxygens (including phenoxy) is 1. The van der Waals surface area contributed by atoms with Gasteiger partial charge in [0, 0.05) is 31.1 Å². The molecule has 27 heavy (non-hydrogen) atoms. The van der Waals surface area contributed by atoms with Crippen LogP contribution in [0.1, 0.15) is 10.4 Å². The molecule has 0 fully saturated rings. The average molecular weight is 389 g/mol. The standard InChI is InChI=1S/C18H19N3O5S/c1-20(2)15-9-8-12(21(24)25)10-13(15)18(23)26-11-17(22)19-14-6-4-5-7-16(14)27-3/h4-10H,11H2,1-3H3,(H,19,22). The molecule has 0 aliphatic heterocycles. The van der Waals surface area contributed by atoms with Gasteiger partial charge in [0.15, 0.2) is 6.61 Å². The molecule has 2 aromatic rings. The summed E-state index contributed by atoms with van der Waals surface area (Å²) >= 11 is 1.48. The van der Waals surface area contributed by atoms with Gasteiger partial charge in [-0.1, -0.05) is 12.1 Å². The van der Waals surface area contributed by atoms with Gasteiger partial charge in [-0.05, 0) is 24.5 Å². The maximum atomic E-state index is 12.4. The minimum atomic E-state index is -0.810. The number of thioether (sulfide) groups is 1. The molecule has 8 nitrogen and oxygen atoms in total. The second kappa shape index (κ2) is 9.04. The zero-order valence-electron chi connectivity index (χ0n) is 15.1. The van der Waals surface area contributed by atoms with Gasteiger partial charge >= 0.3 is 5.97 Å². The first-order valence-electron chi connectivity index (χ1n) is 7.89. The first-order chi connectivity index (χ1) is 12.8. The van der Waals surface area contributed by atoms with Crippen molar-refractivity contribution in [1.29, 1.82) is 0 Å². The number of amides is 1. The van der Waals surface area contributed by atoms with Crippen LogP contribution in [-0.4, -0.2) is 43.8 Å². The number of para-hydroxylation sites is 1. The van der Waals surface area contributed by atoms with Crippen LogP contribution in [0.4, 0.5) is 17.1 Å². The Morgan fingerprint density at radius 3 is 2.56 bits per heavy atom. The number of non-ortho nitro benzene ring substituents is 1. The van der Waals surface area contributed by atoms with Gasteiger partial charge in [0.25, 0.3) is 11.6 Å². The Morgan fingerprint density at radius 2 is 1.93 bits per heavy atom. The Kier molecular flexibility index (Phi) is 6.78. The van der Waals surface area contributed by atoms with E-state index in [1.807, 2.05) is 18.4 Å². The van der Waals surface area contributed by atoms with E-state index in [9.17, 15) is 19.7 Å². The zero-order valence-corrected chi connectivity index (χ0v) is 15.9. The third-order valence-electron chi connectivity index (χ3n) is 3.61. The summed E-state index contributed by atoms with van der Waals surface area (Å²) in [5.41, 5.74) is 0.867. The van der Waals surface area contributed by atoms with Crippen LogP contribution in [0.3, 0.4) is 0 Å². The maximum Gasteiger partial charge on any atom is 0.341 e. The normalized spacial score (nSPS) is 10.2. The summed E-state index contributed by atoms with van der Waals surface area (Å²) in [7, 11) is 3.40. The molecule has 0 aliphatic rings. The van der Waals surface area contributed by atoms with Crippen molar-refractivity contribution >= 4 is 40.7 Å². The van der Waals surface area contributed by atoms with E-state index in [1.54, 1.807) is 31.1 Å². The number of nitrogens with zero attached hydrogens (tertiary/aromatic N) is 2. The summed E-state index contributed by atoms with van der Waals surface area (Å²) < 4.78 is 5.05. The first kappa shape index (κ1) is 20.2. The number of carbonyl (C=O) groups is 2. The van der Waals surface area contributed by atoms with Gasteiger partial charge in [0.1, 0.15) is 0 Å². The van der Waals surface area contributed by atoms with E-state index < -0.39 is 23.4 Å². The lowest BCUT2D eigenvalue weighted by atomic mass is 10.1. The third kappa shape index (κ3) is 5.20. The lowest BCUT2D eigenvalue weighted by molar-refractivity contribution is -0.384. The molecule has 2 aromatic carbocycles. The molecule has 0 spiro atoms. The number of esters is 1. The Hall–Kier alpha value is -3.07. The summed E-state index contributed by atoms with van der Waals surface area (Å²) in [6.07, 6.45) is 1.89. The predicted molar refractivity (Wildman–Crippen MR) is 105 cm³/mol. The summed E-state index contributed by atoms with van der Waals surface area (Å²) in [4.78, 5) is 37.3. The van der Waals surface area contributed by atoms with Gasteiger partial charge in [-0.25, -0.2) is 4.79 Å². The molecule has 1 N–H and O–H groups in total. The third-order valence-corrected chi connectivity index (χ3v) is 4.40. The van der Waals surface area contributed by atoms with Crippen molar-refractivity contribution in [3.8, 4) is 0 Å². The minimum Gasteiger partial charge on any atom is -0.452 e. The number of hydrogen-bond acceptors (Lipinski definition) is 7. The molecule has 0 heterocycles. The highest BCUT2D eigenvalue weighted by Crippen LogP contribution is 2.26. The van der Waals surface area contributed by atoms with Crippen molar-refractivity contribution in [1.82, 2.24) is 0 Å². The highest BCUT2D eigenvalue weighted by molar-refractivity contribution is 7.98. The summed E-state index contributed by atoms with van der Waals surface area (Å²) in [5.74, 6) is -1.31. The van der Waals surface area contributed by atoms with Gasteiger partial charge in [-0.3, -0.25) is 14.9 Å². The van der Waals surface area contributed by atoms with Crippen LogP contribution in [-0.2, 0) is 9.53 Å². The quantitative estimate of drug-likeness (QED) is 0.336. The molecule has 0 saturated heterocycles. The molecule has 1 amide bonds. The fourth-order valence-electron chi connectivity index (χ4n) is 2.33.